The van der Waals surface area contributed by atoms with E-state index in [0.717, 1.165) is 0 Å². The van der Waals surface area contributed by atoms with Gasteiger partial charge in [0.2, 0.25) is 5.83 Å². The molecule has 0 aromatic rings. The van der Waals surface area contributed by atoms with Crippen LogP contribution in [0.25, 0.3) is 0 Å². The zero-order valence-corrected chi connectivity index (χ0v) is 5.13. The zero-order chi connectivity index (χ0) is 9.44. The van der Waals surface area contributed by atoms with E-state index < -0.39 is 18.3 Å². The molecule has 0 fully saturated rings. The molecule has 11 heavy (non-hydrogen) atoms. The fourth-order valence-corrected chi connectivity index (χ4v) is 0.0825. The number of hydrogen-bond donors (Lipinski definition) is 0. The third-order valence-electron chi connectivity index (χ3n) is 0.372. The van der Waals surface area contributed by atoms with Crippen LogP contribution in [0.5, 0.6) is 0 Å². The second-order valence-electron chi connectivity index (χ2n) is 1.06. The monoisotopic (exact) mass is 178 g/mol. The fraction of sp³-hybridized carbons (Fsp3) is 0.200. The molecule has 0 atom stereocenters. The first kappa shape index (κ1) is 12.7. The highest BCUT2D eigenvalue weighted by Gasteiger charge is 2.16. The van der Waals surface area contributed by atoms with Gasteiger partial charge in [-0.2, -0.15) is 13.2 Å². The molecule has 6 heteroatoms. The van der Waals surface area contributed by atoms with E-state index in [4.69, 9.17) is 0 Å². The Hall–Kier alpha value is -0.940. The van der Waals surface area contributed by atoms with Crippen molar-refractivity contribution >= 4 is 0 Å². The summed E-state index contributed by atoms with van der Waals surface area (Å²) < 4.78 is 64.0. The van der Waals surface area contributed by atoms with Crippen LogP contribution in [0.15, 0.2) is 24.8 Å². The number of allylic oxidation sites excluding steroid dienone is 1. The van der Waals surface area contributed by atoms with Crippen LogP contribution in [0.1, 0.15) is 0 Å². The van der Waals surface area contributed by atoms with Gasteiger partial charge in [-0.3, -0.25) is 0 Å². The van der Waals surface area contributed by atoms with Crippen molar-refractivity contribution in [2.45, 2.75) is 6.43 Å². The van der Waals surface area contributed by atoms with Crippen molar-refractivity contribution in [1.29, 1.82) is 0 Å². The van der Waals surface area contributed by atoms with Crippen LogP contribution < -0.4 is 0 Å². The molecule has 0 aliphatic heterocycles. The summed E-state index contributed by atoms with van der Waals surface area (Å²) in [5, 5.41) is 0. The van der Waals surface area contributed by atoms with Gasteiger partial charge < -0.3 is 0 Å². The highest BCUT2D eigenvalue weighted by atomic mass is 19.3. The minimum absolute atomic E-state index is 0.250. The molecule has 0 saturated heterocycles. The minimum Gasteiger partial charge on any atom is -0.216 e. The van der Waals surface area contributed by atoms with E-state index in [2.05, 4.69) is 6.58 Å². The fourth-order valence-electron chi connectivity index (χ4n) is 0.0825. The maximum Gasteiger partial charge on any atom is 0.307 e. The Morgan fingerprint density at radius 1 is 1.18 bits per heavy atom. The summed E-state index contributed by atoms with van der Waals surface area (Å²) in [7, 11) is 0. The molecule has 0 nitrogen and oxygen atoms in total. The van der Waals surface area contributed by atoms with Gasteiger partial charge >= 0.3 is 6.08 Å². The normalized spacial score (nSPS) is 8.27. The van der Waals surface area contributed by atoms with Gasteiger partial charge in [-0.25, -0.2) is 13.2 Å². The van der Waals surface area contributed by atoms with Crippen molar-refractivity contribution in [2.75, 3.05) is 0 Å². The Bertz CT molecular complexity index is 134. The number of rotatable bonds is 1. The quantitative estimate of drug-likeness (QED) is 0.539. The lowest BCUT2D eigenvalue weighted by Gasteiger charge is -1.88. The van der Waals surface area contributed by atoms with E-state index in [1.54, 1.807) is 0 Å². The van der Waals surface area contributed by atoms with E-state index in [-0.39, 0.29) is 6.33 Å². The minimum atomic E-state index is -3.69. The van der Waals surface area contributed by atoms with Gasteiger partial charge in [-0.15, -0.1) is 0 Å². The molecule has 0 aromatic heterocycles. The zero-order valence-electron chi connectivity index (χ0n) is 5.13. The van der Waals surface area contributed by atoms with Crippen molar-refractivity contribution in [1.82, 2.24) is 0 Å². The van der Waals surface area contributed by atoms with Gasteiger partial charge in [-0.1, -0.05) is 6.58 Å². The standard InChI is InChI=1S/C3HF5.C2H3F/c4-1(2(5)6)3(7)8;1-2-3/h2H;2H,1H2. The first-order chi connectivity index (χ1) is 4.97. The highest BCUT2D eigenvalue weighted by Crippen LogP contribution is 2.16. The van der Waals surface area contributed by atoms with Crippen molar-refractivity contribution in [3.05, 3.63) is 24.8 Å². The lowest BCUT2D eigenvalue weighted by Crippen LogP contribution is -1.90. The molecule has 0 N–H and O–H groups in total. The SMILES string of the molecule is C=CF.FC(F)=C(F)C(F)F. The molecule has 0 unspecified atom stereocenters. The Kier molecular flexibility index (Phi) is 8.29. The predicted molar refractivity (Wildman–Crippen MR) is 27.7 cm³/mol. The Labute approximate surface area is 58.8 Å². The van der Waals surface area contributed by atoms with Gasteiger partial charge in [-0.05, 0) is 0 Å². The third-order valence-corrected chi connectivity index (χ3v) is 0.372. The van der Waals surface area contributed by atoms with Gasteiger partial charge in [0.15, 0.2) is 0 Å². The van der Waals surface area contributed by atoms with Crippen LogP contribution in [0.3, 0.4) is 0 Å². The molecule has 0 rings (SSSR count). The maximum absolute atomic E-state index is 11.0. The lowest BCUT2D eigenvalue weighted by atomic mass is 10.6. The number of alkyl halides is 2. The van der Waals surface area contributed by atoms with E-state index >= 15 is 0 Å². The molecule has 0 aromatic carbocycles. The first-order valence-corrected chi connectivity index (χ1v) is 2.17. The highest BCUT2D eigenvalue weighted by molar-refractivity contribution is 4.93. The molecule has 66 valence electrons. The molecule has 0 radical (unpaired) electrons. The van der Waals surface area contributed by atoms with E-state index in [0.29, 0.717) is 0 Å². The summed E-state index contributed by atoms with van der Waals surface area (Å²) >= 11 is 0. The van der Waals surface area contributed by atoms with Crippen LogP contribution in [-0.2, 0) is 0 Å². The van der Waals surface area contributed by atoms with Crippen LogP contribution in [0, 0.1) is 0 Å². The smallest absolute Gasteiger partial charge is 0.216 e. The molecule has 0 aliphatic carbocycles. The second-order valence-corrected chi connectivity index (χ2v) is 1.06. The first-order valence-electron chi connectivity index (χ1n) is 2.17. The molecule has 0 amide bonds. The molecule has 0 aliphatic rings. The summed E-state index contributed by atoms with van der Waals surface area (Å²) in [4.78, 5) is 0. The number of hydrogen-bond acceptors (Lipinski definition) is 0. The topological polar surface area (TPSA) is 0 Å². The Morgan fingerprint density at radius 3 is 1.45 bits per heavy atom. The summed E-state index contributed by atoms with van der Waals surface area (Å²) in [6.45, 7) is 2.69. The van der Waals surface area contributed by atoms with Gasteiger partial charge in [0, 0.05) is 0 Å². The summed E-state index contributed by atoms with van der Waals surface area (Å²) in [5.74, 6) is -2.65. The molecular weight excluding hydrogens is 174 g/mol. The van der Waals surface area contributed by atoms with Crippen LogP contribution in [-0.4, -0.2) is 6.43 Å². The number of halogens is 6. The molecule has 0 spiro atoms. The van der Waals surface area contributed by atoms with Gasteiger partial charge in [0.05, 0.1) is 6.33 Å². The van der Waals surface area contributed by atoms with E-state index in [9.17, 15) is 26.3 Å². The largest absolute Gasteiger partial charge is 0.307 e. The van der Waals surface area contributed by atoms with Gasteiger partial charge in [0.25, 0.3) is 6.43 Å². The average molecular weight is 178 g/mol. The average Bonchev–Trinajstić information content (AvgIpc) is 1.87. The van der Waals surface area contributed by atoms with Crippen LogP contribution >= 0.6 is 0 Å². The summed E-state index contributed by atoms with van der Waals surface area (Å²) in [5.41, 5.74) is 0. The molecule has 0 heterocycles. The van der Waals surface area contributed by atoms with Crippen molar-refractivity contribution in [3.8, 4) is 0 Å². The summed E-state index contributed by atoms with van der Waals surface area (Å²) in [6, 6.07) is 0. The summed E-state index contributed by atoms with van der Waals surface area (Å²) in [6.07, 6.45) is -6.40. The third kappa shape index (κ3) is 9.06. The van der Waals surface area contributed by atoms with Crippen molar-refractivity contribution in [3.63, 3.8) is 0 Å². The van der Waals surface area contributed by atoms with Crippen LogP contribution in [0.2, 0.25) is 0 Å². The Morgan fingerprint density at radius 2 is 1.45 bits per heavy atom. The van der Waals surface area contributed by atoms with Crippen molar-refractivity contribution in [2.24, 2.45) is 0 Å². The van der Waals surface area contributed by atoms with Crippen LogP contribution in [0.4, 0.5) is 26.3 Å². The Balaban J connectivity index is 0. The molecule has 0 saturated carbocycles. The maximum atomic E-state index is 11.0. The predicted octanol–water partition coefficient (Wildman–Crippen LogP) is 3.43. The molecular formula is C5H4F6. The lowest BCUT2D eigenvalue weighted by molar-refractivity contribution is 0.145. The molecule has 0 bridgehead atoms. The van der Waals surface area contributed by atoms with Gasteiger partial charge in [0.1, 0.15) is 0 Å². The van der Waals surface area contributed by atoms with E-state index in [1.165, 1.54) is 0 Å². The van der Waals surface area contributed by atoms with E-state index in [1.807, 2.05) is 0 Å². The van der Waals surface area contributed by atoms with Crippen molar-refractivity contribution < 1.29 is 26.3 Å². The second kappa shape index (κ2) is 7.17.